The number of nitrogens with zero attached hydrogens (tertiary/aromatic N) is 1. The van der Waals surface area contributed by atoms with Crippen LogP contribution in [0.4, 0.5) is 5.69 Å². The molecule has 3 N–H and O–H groups in total. The molecule has 4 rings (SSSR count). The highest BCUT2D eigenvalue weighted by Crippen LogP contribution is 2.64. The van der Waals surface area contributed by atoms with Crippen molar-refractivity contribution in [2.45, 2.75) is 83.1 Å². The smallest absolute Gasteiger partial charge is 0.250 e. The Kier molecular flexibility index (Phi) is 7.70. The molecule has 3 amide bonds. The number of carbonyl (C=O) groups excluding carboxylic acids is 3. The molecular weight excluding hydrogens is 482 g/mol. The van der Waals surface area contributed by atoms with Crippen LogP contribution in [0.25, 0.3) is 0 Å². The zero-order valence-corrected chi connectivity index (χ0v) is 22.3. The number of para-hydroxylation sites is 1. The Bertz CT molecular complexity index is 1020. The zero-order valence-electron chi connectivity index (χ0n) is 21.6. The van der Waals surface area contributed by atoms with E-state index in [0.29, 0.717) is 42.9 Å². The summed E-state index contributed by atoms with van der Waals surface area (Å²) in [4.78, 5) is 43.2. The molecule has 0 aromatic heterocycles. The van der Waals surface area contributed by atoms with Crippen LogP contribution in [0.5, 0.6) is 0 Å². The minimum Gasteiger partial charge on any atom is -0.394 e. The van der Waals surface area contributed by atoms with Crippen molar-refractivity contribution < 1.29 is 24.2 Å². The summed E-state index contributed by atoms with van der Waals surface area (Å²) in [6, 6.07) is 5.36. The number of halogens is 1. The van der Waals surface area contributed by atoms with Crippen LogP contribution in [0.15, 0.2) is 24.3 Å². The Morgan fingerprint density at radius 3 is 2.56 bits per heavy atom. The minimum atomic E-state index is -1.15. The number of aliphatic hydroxyl groups excluding tert-OH is 1. The Labute approximate surface area is 218 Å². The maximum atomic E-state index is 14.2. The molecule has 3 aliphatic rings. The molecule has 3 fully saturated rings. The summed E-state index contributed by atoms with van der Waals surface area (Å²) in [7, 11) is 0. The lowest BCUT2D eigenvalue weighted by Gasteiger charge is -2.39. The molecule has 8 nitrogen and oxygen atoms in total. The van der Waals surface area contributed by atoms with Gasteiger partial charge in [0.25, 0.3) is 0 Å². The highest BCUT2D eigenvalue weighted by atomic mass is 35.5. The molecule has 1 aromatic carbocycles. The van der Waals surface area contributed by atoms with Gasteiger partial charge in [0.1, 0.15) is 11.6 Å². The second-order valence-corrected chi connectivity index (χ2v) is 10.9. The van der Waals surface area contributed by atoms with Crippen molar-refractivity contribution in [1.29, 1.82) is 0 Å². The van der Waals surface area contributed by atoms with E-state index in [-0.39, 0.29) is 24.3 Å². The molecule has 36 heavy (non-hydrogen) atoms. The number of likely N-dealkylation sites (tertiary alicyclic amines) is 1. The summed E-state index contributed by atoms with van der Waals surface area (Å²) in [6.45, 7) is 8.11. The van der Waals surface area contributed by atoms with Gasteiger partial charge in [-0.3, -0.25) is 14.4 Å². The standard InChI is InChI=1S/C27H38ClN3O5/c1-5-14-29-23(33)20-21-25(35)31(19(15-32)16(4)6-2)22(27(21)13-12-26(20,7-3)36-27)24(34)30-18-11-9-8-10-17(18)28/h8-11,16,19-22,32H,5-7,12-15H2,1-4H3,(H,29,33)(H,30,34)/t16-,19-,20+,21-,22?,26-,27?/m0/s1. The van der Waals surface area contributed by atoms with Gasteiger partial charge < -0.3 is 25.4 Å². The second kappa shape index (κ2) is 10.3. The van der Waals surface area contributed by atoms with Crippen molar-refractivity contribution in [3.63, 3.8) is 0 Å². The van der Waals surface area contributed by atoms with Crippen LogP contribution in [-0.2, 0) is 19.1 Å². The van der Waals surface area contributed by atoms with E-state index in [9.17, 15) is 19.5 Å². The fraction of sp³-hybridized carbons (Fsp3) is 0.667. The van der Waals surface area contributed by atoms with Crippen LogP contribution in [0.1, 0.15) is 59.8 Å². The average Bonchev–Trinajstić information content (AvgIpc) is 3.48. The van der Waals surface area contributed by atoms with Crippen LogP contribution in [0.2, 0.25) is 5.02 Å². The first-order valence-corrected chi connectivity index (χ1v) is 13.5. The SMILES string of the molecule is CCCNC(=O)[C@H]1[C@H]2C(=O)N([C@@H](CO)[C@@H](C)CC)C(C(=O)Nc3ccccc3Cl)C23CC[C@]1(CC)O3. The quantitative estimate of drug-likeness (QED) is 0.439. The molecule has 3 saturated heterocycles. The lowest BCUT2D eigenvalue weighted by molar-refractivity contribution is -0.150. The predicted octanol–water partition coefficient (Wildman–Crippen LogP) is 3.37. The summed E-state index contributed by atoms with van der Waals surface area (Å²) in [6.07, 6.45) is 3.14. The van der Waals surface area contributed by atoms with Gasteiger partial charge in [0, 0.05) is 6.54 Å². The van der Waals surface area contributed by atoms with Gasteiger partial charge in [-0.1, -0.05) is 57.8 Å². The van der Waals surface area contributed by atoms with Crippen LogP contribution < -0.4 is 10.6 Å². The highest BCUT2D eigenvalue weighted by Gasteiger charge is 2.79. The van der Waals surface area contributed by atoms with E-state index in [1.807, 2.05) is 27.7 Å². The summed E-state index contributed by atoms with van der Waals surface area (Å²) in [5, 5.41) is 16.7. The summed E-state index contributed by atoms with van der Waals surface area (Å²) in [5.74, 6) is -2.44. The van der Waals surface area contributed by atoms with Crippen LogP contribution >= 0.6 is 11.6 Å². The number of amides is 3. The van der Waals surface area contributed by atoms with E-state index in [0.717, 1.165) is 6.42 Å². The van der Waals surface area contributed by atoms with E-state index in [4.69, 9.17) is 16.3 Å². The number of hydrogen-bond donors (Lipinski definition) is 3. The van der Waals surface area contributed by atoms with E-state index >= 15 is 0 Å². The monoisotopic (exact) mass is 519 g/mol. The molecule has 3 aliphatic heterocycles. The summed E-state index contributed by atoms with van der Waals surface area (Å²) < 4.78 is 6.75. The molecule has 0 radical (unpaired) electrons. The number of benzene rings is 1. The number of aliphatic hydroxyl groups is 1. The number of rotatable bonds is 10. The van der Waals surface area contributed by atoms with Gasteiger partial charge >= 0.3 is 0 Å². The summed E-state index contributed by atoms with van der Waals surface area (Å²) >= 11 is 6.33. The molecule has 2 unspecified atom stereocenters. The topological polar surface area (TPSA) is 108 Å². The highest BCUT2D eigenvalue weighted by molar-refractivity contribution is 6.33. The van der Waals surface area contributed by atoms with Crippen molar-refractivity contribution >= 4 is 35.0 Å². The van der Waals surface area contributed by atoms with Crippen molar-refractivity contribution in [1.82, 2.24) is 10.2 Å². The molecule has 1 spiro atoms. The van der Waals surface area contributed by atoms with Gasteiger partial charge in [0.05, 0.1) is 40.8 Å². The third-order valence-electron chi connectivity index (χ3n) is 8.68. The van der Waals surface area contributed by atoms with Gasteiger partial charge in [-0.15, -0.1) is 0 Å². The van der Waals surface area contributed by atoms with Gasteiger partial charge in [-0.05, 0) is 43.7 Å². The van der Waals surface area contributed by atoms with Gasteiger partial charge in [-0.2, -0.15) is 0 Å². The molecule has 7 atom stereocenters. The van der Waals surface area contributed by atoms with Crippen molar-refractivity contribution in [2.75, 3.05) is 18.5 Å². The number of hydrogen-bond acceptors (Lipinski definition) is 5. The third-order valence-corrected chi connectivity index (χ3v) is 9.01. The maximum Gasteiger partial charge on any atom is 0.250 e. The molecule has 0 saturated carbocycles. The van der Waals surface area contributed by atoms with Crippen molar-refractivity contribution in [3.05, 3.63) is 29.3 Å². The first kappa shape index (κ1) is 26.9. The molecule has 9 heteroatoms. The predicted molar refractivity (Wildman–Crippen MR) is 137 cm³/mol. The van der Waals surface area contributed by atoms with Crippen LogP contribution in [0.3, 0.4) is 0 Å². The van der Waals surface area contributed by atoms with Gasteiger partial charge in [0.15, 0.2) is 0 Å². The number of nitrogens with one attached hydrogen (secondary N) is 2. The fourth-order valence-electron chi connectivity index (χ4n) is 6.65. The average molecular weight is 520 g/mol. The number of anilines is 1. The van der Waals surface area contributed by atoms with Crippen LogP contribution in [0, 0.1) is 17.8 Å². The summed E-state index contributed by atoms with van der Waals surface area (Å²) in [5.41, 5.74) is -1.50. The lowest BCUT2D eigenvalue weighted by Crippen LogP contribution is -2.57. The van der Waals surface area contributed by atoms with E-state index in [1.165, 1.54) is 4.90 Å². The Morgan fingerprint density at radius 2 is 1.94 bits per heavy atom. The third kappa shape index (κ3) is 4.02. The lowest BCUT2D eigenvalue weighted by atomic mass is 9.65. The van der Waals surface area contributed by atoms with E-state index in [1.54, 1.807) is 24.3 Å². The molecule has 3 heterocycles. The minimum absolute atomic E-state index is 0.0607. The first-order valence-electron chi connectivity index (χ1n) is 13.2. The first-order chi connectivity index (χ1) is 17.2. The van der Waals surface area contributed by atoms with E-state index in [2.05, 4.69) is 10.6 Å². The largest absolute Gasteiger partial charge is 0.394 e. The fourth-order valence-corrected chi connectivity index (χ4v) is 6.83. The van der Waals surface area contributed by atoms with Crippen LogP contribution in [-0.4, -0.2) is 64.2 Å². The second-order valence-electron chi connectivity index (χ2n) is 10.5. The molecule has 1 aromatic rings. The molecule has 0 aliphatic carbocycles. The molecule has 198 valence electrons. The number of fused-ring (bicyclic) bond motifs is 1. The number of ether oxygens (including phenoxy) is 1. The zero-order chi connectivity index (χ0) is 26.3. The Hall–Kier alpha value is -2.16. The van der Waals surface area contributed by atoms with Crippen molar-refractivity contribution in [3.8, 4) is 0 Å². The van der Waals surface area contributed by atoms with Gasteiger partial charge in [-0.25, -0.2) is 0 Å². The Balaban J connectivity index is 1.81. The molecular formula is C27H38ClN3O5. The molecule has 2 bridgehead atoms. The maximum absolute atomic E-state index is 14.2. The van der Waals surface area contributed by atoms with Crippen molar-refractivity contribution in [2.24, 2.45) is 17.8 Å². The normalized spacial score (nSPS) is 32.3. The van der Waals surface area contributed by atoms with E-state index < -0.39 is 41.0 Å². The number of carbonyl (C=O) groups is 3. The Morgan fingerprint density at radius 1 is 1.22 bits per heavy atom. The van der Waals surface area contributed by atoms with Gasteiger partial charge in [0.2, 0.25) is 17.7 Å².